The van der Waals surface area contributed by atoms with Crippen LogP contribution in [-0.4, -0.2) is 38.3 Å². The third kappa shape index (κ3) is 3.31. The molecule has 0 aromatic carbocycles. The Bertz CT molecular complexity index is 770. The van der Waals surface area contributed by atoms with E-state index in [1.165, 1.54) is 0 Å². The highest BCUT2D eigenvalue weighted by Crippen LogP contribution is 2.34. The molecule has 3 rings (SSSR count). The Hall–Kier alpha value is -2.57. The molecule has 7 nitrogen and oxygen atoms in total. The van der Waals surface area contributed by atoms with Gasteiger partial charge in [-0.2, -0.15) is 0 Å². The van der Waals surface area contributed by atoms with Crippen LogP contribution in [-0.2, 0) is 9.59 Å². The lowest BCUT2D eigenvalue weighted by atomic mass is 9.84. The number of rotatable bonds is 5. The maximum atomic E-state index is 12.7. The fourth-order valence-electron chi connectivity index (χ4n) is 2.81. The average molecular weight is 342 g/mol. The molecule has 1 atom stereocenters. The second-order valence-electron chi connectivity index (χ2n) is 6.88. The van der Waals surface area contributed by atoms with Crippen molar-refractivity contribution in [3.05, 3.63) is 30.3 Å². The largest absolute Gasteiger partial charge is 0.417 e. The van der Waals surface area contributed by atoms with Crippen LogP contribution in [0.2, 0.25) is 0 Å². The Morgan fingerprint density at radius 1 is 1.32 bits per heavy atom. The molecule has 1 fully saturated rings. The van der Waals surface area contributed by atoms with Crippen molar-refractivity contribution in [2.75, 3.05) is 6.54 Å². The predicted molar refractivity (Wildman–Crippen MR) is 90.3 cm³/mol. The number of pyridine rings is 1. The molecule has 0 aliphatic carbocycles. The van der Waals surface area contributed by atoms with E-state index in [0.29, 0.717) is 36.9 Å². The first-order chi connectivity index (χ1) is 11.9. The number of aromatic nitrogens is 3. The van der Waals surface area contributed by atoms with Crippen molar-refractivity contribution >= 4 is 11.7 Å². The van der Waals surface area contributed by atoms with Gasteiger partial charge in [-0.05, 0) is 31.4 Å². The molecule has 7 heteroatoms. The maximum Gasteiger partial charge on any atom is 0.291 e. The summed E-state index contributed by atoms with van der Waals surface area (Å²) >= 11 is 0. The van der Waals surface area contributed by atoms with Crippen LogP contribution in [0.5, 0.6) is 0 Å². The van der Waals surface area contributed by atoms with Gasteiger partial charge in [-0.15, -0.1) is 10.2 Å². The number of Topliss-reactive ketones (excluding diaryl/α,β-unsaturated/α-hetero) is 1. The van der Waals surface area contributed by atoms with E-state index in [1.807, 2.05) is 13.0 Å². The van der Waals surface area contributed by atoms with Gasteiger partial charge in [0.05, 0.1) is 0 Å². The third-order valence-corrected chi connectivity index (χ3v) is 4.82. The number of carbonyl (C=O) groups excluding carboxylic acids is 2. The zero-order chi connectivity index (χ0) is 18.0. The number of hydrogen-bond acceptors (Lipinski definition) is 6. The van der Waals surface area contributed by atoms with Gasteiger partial charge >= 0.3 is 0 Å². The molecule has 0 saturated carbocycles. The van der Waals surface area contributed by atoms with Crippen molar-refractivity contribution in [2.24, 2.45) is 5.41 Å². The lowest BCUT2D eigenvalue weighted by molar-refractivity contribution is -0.150. The number of likely N-dealkylation sites (tertiary alicyclic amines) is 1. The third-order valence-electron chi connectivity index (χ3n) is 4.82. The van der Waals surface area contributed by atoms with Gasteiger partial charge in [0.2, 0.25) is 11.7 Å². The van der Waals surface area contributed by atoms with Crippen LogP contribution >= 0.6 is 0 Å². The van der Waals surface area contributed by atoms with Gasteiger partial charge in [-0.3, -0.25) is 14.6 Å². The molecule has 1 saturated heterocycles. The zero-order valence-electron chi connectivity index (χ0n) is 14.7. The summed E-state index contributed by atoms with van der Waals surface area (Å²) in [7, 11) is 0. The smallest absolute Gasteiger partial charge is 0.291 e. The number of hydrogen-bond donors (Lipinski definition) is 0. The van der Waals surface area contributed by atoms with Gasteiger partial charge in [-0.25, -0.2) is 0 Å². The van der Waals surface area contributed by atoms with Gasteiger partial charge in [-0.1, -0.05) is 26.8 Å². The molecule has 3 heterocycles. The fraction of sp³-hybridized carbons (Fsp3) is 0.500. The maximum absolute atomic E-state index is 12.7. The molecule has 2 aromatic heterocycles. The summed E-state index contributed by atoms with van der Waals surface area (Å²) in [6, 6.07) is 5.07. The van der Waals surface area contributed by atoms with Crippen LogP contribution in [0.1, 0.15) is 52.0 Å². The highest BCUT2D eigenvalue weighted by atomic mass is 16.4. The highest BCUT2D eigenvalue weighted by Gasteiger charge is 2.41. The monoisotopic (exact) mass is 342 g/mol. The zero-order valence-corrected chi connectivity index (χ0v) is 14.7. The quantitative estimate of drug-likeness (QED) is 0.776. The first-order valence-corrected chi connectivity index (χ1v) is 8.54. The van der Waals surface area contributed by atoms with E-state index >= 15 is 0 Å². The van der Waals surface area contributed by atoms with E-state index in [0.717, 1.165) is 6.42 Å². The van der Waals surface area contributed by atoms with E-state index < -0.39 is 11.3 Å². The van der Waals surface area contributed by atoms with Gasteiger partial charge in [0.1, 0.15) is 11.7 Å². The molecular formula is C18H22N4O3. The molecule has 2 aromatic rings. The molecule has 25 heavy (non-hydrogen) atoms. The molecule has 0 N–H and O–H groups in total. The lowest BCUT2D eigenvalue weighted by Gasteiger charge is -2.26. The summed E-state index contributed by atoms with van der Waals surface area (Å²) in [5.74, 6) is -0.165. The number of amides is 1. The standard InChI is InChI=1S/C18H22N4O3/c1-4-18(2,3)14(23)17(24)22-11-7-9-13(22)16-21-20-15(25-16)12-8-5-6-10-19-12/h5-6,8,10,13H,4,7,9,11H2,1-3H3. The average Bonchev–Trinajstić information content (AvgIpc) is 3.30. The van der Waals surface area contributed by atoms with Crippen molar-refractivity contribution in [1.82, 2.24) is 20.1 Å². The predicted octanol–water partition coefficient (Wildman–Crippen LogP) is 2.80. The Kier molecular flexibility index (Phi) is 4.65. The van der Waals surface area contributed by atoms with Crippen molar-refractivity contribution in [3.63, 3.8) is 0 Å². The molecule has 132 valence electrons. The molecule has 1 aliphatic rings. The summed E-state index contributed by atoms with van der Waals surface area (Å²) in [4.78, 5) is 31.0. The SMILES string of the molecule is CCC(C)(C)C(=O)C(=O)N1CCCC1c1nnc(-c2ccccn2)o1. The first kappa shape index (κ1) is 17.3. The topological polar surface area (TPSA) is 89.2 Å². The van der Waals surface area contributed by atoms with E-state index in [1.54, 1.807) is 37.1 Å². The number of carbonyl (C=O) groups is 2. The second-order valence-corrected chi connectivity index (χ2v) is 6.88. The van der Waals surface area contributed by atoms with E-state index in [4.69, 9.17) is 4.42 Å². The molecule has 0 spiro atoms. The van der Waals surface area contributed by atoms with Crippen LogP contribution in [0.25, 0.3) is 11.6 Å². The molecule has 1 amide bonds. The molecule has 0 radical (unpaired) electrons. The fourth-order valence-corrected chi connectivity index (χ4v) is 2.81. The molecule has 1 unspecified atom stereocenters. The van der Waals surface area contributed by atoms with Crippen molar-refractivity contribution in [1.29, 1.82) is 0 Å². The second kappa shape index (κ2) is 6.74. The summed E-state index contributed by atoms with van der Waals surface area (Å²) in [5.41, 5.74) is -0.0848. The van der Waals surface area contributed by atoms with E-state index in [-0.39, 0.29) is 11.8 Å². The Morgan fingerprint density at radius 3 is 2.80 bits per heavy atom. The highest BCUT2D eigenvalue weighted by molar-refractivity contribution is 6.38. The van der Waals surface area contributed by atoms with Crippen molar-refractivity contribution < 1.29 is 14.0 Å². The van der Waals surface area contributed by atoms with Gasteiger partial charge in [0.25, 0.3) is 11.8 Å². The minimum Gasteiger partial charge on any atom is -0.417 e. The van der Waals surface area contributed by atoms with Crippen molar-refractivity contribution in [2.45, 2.75) is 46.1 Å². The van der Waals surface area contributed by atoms with Crippen LogP contribution in [0.3, 0.4) is 0 Å². The molecular weight excluding hydrogens is 320 g/mol. The van der Waals surface area contributed by atoms with Crippen LogP contribution in [0.15, 0.2) is 28.8 Å². The lowest BCUT2D eigenvalue weighted by Crippen LogP contribution is -2.42. The minimum absolute atomic E-state index is 0.315. The first-order valence-electron chi connectivity index (χ1n) is 8.54. The molecule has 0 bridgehead atoms. The number of ketones is 1. The summed E-state index contributed by atoms with van der Waals surface area (Å²) < 4.78 is 5.74. The van der Waals surface area contributed by atoms with Gasteiger partial charge < -0.3 is 9.32 Å². The Labute approximate surface area is 146 Å². The normalized spacial score (nSPS) is 17.7. The Morgan fingerprint density at radius 2 is 2.12 bits per heavy atom. The van der Waals surface area contributed by atoms with Crippen LogP contribution in [0, 0.1) is 5.41 Å². The Balaban J connectivity index is 1.82. The molecule has 1 aliphatic heterocycles. The van der Waals surface area contributed by atoms with E-state index in [9.17, 15) is 9.59 Å². The van der Waals surface area contributed by atoms with Crippen LogP contribution < -0.4 is 0 Å². The van der Waals surface area contributed by atoms with Gasteiger partial charge in [0.15, 0.2) is 0 Å². The summed E-state index contributed by atoms with van der Waals surface area (Å²) in [6.45, 7) is 6.02. The minimum atomic E-state index is -0.668. The summed E-state index contributed by atoms with van der Waals surface area (Å²) in [5, 5.41) is 8.12. The van der Waals surface area contributed by atoms with E-state index in [2.05, 4.69) is 15.2 Å². The number of nitrogens with zero attached hydrogens (tertiary/aromatic N) is 4. The van der Waals surface area contributed by atoms with Crippen LogP contribution in [0.4, 0.5) is 0 Å². The van der Waals surface area contributed by atoms with Crippen molar-refractivity contribution in [3.8, 4) is 11.6 Å². The van der Waals surface area contributed by atoms with Gasteiger partial charge in [0, 0.05) is 18.2 Å². The summed E-state index contributed by atoms with van der Waals surface area (Å²) in [6.07, 6.45) is 3.77.